The van der Waals surface area contributed by atoms with Gasteiger partial charge < -0.3 is 14.5 Å². The third kappa shape index (κ3) is 8.05. The van der Waals surface area contributed by atoms with Gasteiger partial charge in [0.2, 0.25) is 0 Å². The predicted molar refractivity (Wildman–Crippen MR) is 115 cm³/mol. The van der Waals surface area contributed by atoms with Crippen LogP contribution in [0.4, 0.5) is 28.0 Å². The van der Waals surface area contributed by atoms with Crippen LogP contribution in [0.3, 0.4) is 0 Å². The second kappa shape index (κ2) is 10.8. The maximum Gasteiger partial charge on any atom is 0.410 e. The van der Waals surface area contributed by atoms with Crippen molar-refractivity contribution in [2.24, 2.45) is 0 Å². The van der Waals surface area contributed by atoms with Gasteiger partial charge in [-0.2, -0.15) is 0 Å². The number of carbonyl (C=O) groups is 1. The number of carbonyl (C=O) groups excluding carboxylic acids is 1. The fourth-order valence-corrected chi connectivity index (χ4v) is 3.12. The zero-order valence-electron chi connectivity index (χ0n) is 17.6. The summed E-state index contributed by atoms with van der Waals surface area (Å²) < 4.78 is 56.9. The molecule has 0 unspecified atom stereocenters. The van der Waals surface area contributed by atoms with Crippen LogP contribution in [0.1, 0.15) is 27.2 Å². The monoisotopic (exact) mass is 504 g/mol. The summed E-state index contributed by atoms with van der Waals surface area (Å²) in [6.45, 7) is 7.58. The molecule has 3 rings (SSSR count). The molecule has 1 fully saturated rings. The van der Waals surface area contributed by atoms with Crippen molar-refractivity contribution < 1.29 is 27.1 Å². The SMILES string of the molecule is CC(C)(C)OC(=O)N1CCCN(c2ccc(F)cc2F)CC1.Fc1ccc(Br)c(F)c1. The molecule has 2 aromatic rings. The first-order chi connectivity index (χ1) is 14.5. The first-order valence-electron chi connectivity index (χ1n) is 9.75. The van der Waals surface area contributed by atoms with Crippen LogP contribution in [0.15, 0.2) is 40.9 Å². The minimum Gasteiger partial charge on any atom is -0.444 e. The Labute approximate surface area is 187 Å². The second-order valence-electron chi connectivity index (χ2n) is 7.96. The molecule has 0 N–H and O–H groups in total. The molecular weight excluding hydrogens is 480 g/mol. The number of hydrogen-bond acceptors (Lipinski definition) is 3. The number of rotatable bonds is 1. The van der Waals surface area contributed by atoms with Crippen molar-refractivity contribution in [3.8, 4) is 0 Å². The summed E-state index contributed by atoms with van der Waals surface area (Å²) >= 11 is 2.89. The van der Waals surface area contributed by atoms with E-state index in [4.69, 9.17) is 4.74 Å². The lowest BCUT2D eigenvalue weighted by molar-refractivity contribution is 0.0263. The van der Waals surface area contributed by atoms with Crippen LogP contribution < -0.4 is 4.90 Å². The van der Waals surface area contributed by atoms with Crippen molar-refractivity contribution in [3.63, 3.8) is 0 Å². The zero-order chi connectivity index (χ0) is 23.2. The van der Waals surface area contributed by atoms with Crippen LogP contribution in [-0.4, -0.2) is 42.8 Å². The first-order valence-corrected chi connectivity index (χ1v) is 10.5. The van der Waals surface area contributed by atoms with E-state index >= 15 is 0 Å². The van der Waals surface area contributed by atoms with Crippen LogP contribution in [0, 0.1) is 23.3 Å². The van der Waals surface area contributed by atoms with Crippen molar-refractivity contribution in [2.45, 2.75) is 32.8 Å². The maximum atomic E-state index is 13.9. The normalized spacial score (nSPS) is 14.5. The Balaban J connectivity index is 0.000000316. The number of ether oxygens (including phenoxy) is 1. The Hall–Kier alpha value is -2.29. The molecule has 2 aromatic carbocycles. The lowest BCUT2D eigenvalue weighted by Crippen LogP contribution is -2.39. The summed E-state index contributed by atoms with van der Waals surface area (Å²) in [5.41, 5.74) is -0.168. The molecule has 1 saturated heterocycles. The molecule has 0 bridgehead atoms. The van der Waals surface area contributed by atoms with E-state index in [1.54, 1.807) is 4.90 Å². The predicted octanol–water partition coefficient (Wildman–Crippen LogP) is 6.14. The van der Waals surface area contributed by atoms with Gasteiger partial charge in [-0.3, -0.25) is 0 Å². The molecule has 0 atom stereocenters. The number of benzene rings is 2. The number of anilines is 1. The standard InChI is InChI=1S/C16H22F2N2O2.C6H3BrF2/c1-16(2,3)22-15(21)20-8-4-7-19(9-10-20)14-6-5-12(17)11-13(14)18;7-5-2-1-4(8)3-6(5)9/h5-6,11H,4,7-10H2,1-3H3;1-3H. The van der Waals surface area contributed by atoms with Gasteiger partial charge in [0.25, 0.3) is 0 Å². The fourth-order valence-electron chi connectivity index (χ4n) is 2.88. The van der Waals surface area contributed by atoms with Gasteiger partial charge in [0.15, 0.2) is 0 Å². The molecule has 1 aliphatic heterocycles. The smallest absolute Gasteiger partial charge is 0.410 e. The highest BCUT2D eigenvalue weighted by atomic mass is 79.9. The number of amides is 1. The van der Waals surface area contributed by atoms with Gasteiger partial charge in [0.05, 0.1) is 10.2 Å². The molecule has 1 amide bonds. The number of hydrogen-bond donors (Lipinski definition) is 0. The third-order valence-corrected chi connectivity index (χ3v) is 4.92. The summed E-state index contributed by atoms with van der Waals surface area (Å²) in [5, 5.41) is 0. The van der Waals surface area contributed by atoms with Gasteiger partial charge in [-0.05, 0) is 67.4 Å². The van der Waals surface area contributed by atoms with Crippen molar-refractivity contribution >= 4 is 27.7 Å². The van der Waals surface area contributed by atoms with Gasteiger partial charge in [0.1, 0.15) is 28.9 Å². The van der Waals surface area contributed by atoms with E-state index < -0.39 is 28.9 Å². The number of nitrogens with zero attached hydrogens (tertiary/aromatic N) is 2. The van der Waals surface area contributed by atoms with Crippen molar-refractivity contribution in [3.05, 3.63) is 64.1 Å². The quantitative estimate of drug-likeness (QED) is 0.345. The Morgan fingerprint density at radius 3 is 2.06 bits per heavy atom. The topological polar surface area (TPSA) is 32.8 Å². The Morgan fingerprint density at radius 2 is 1.52 bits per heavy atom. The average molecular weight is 505 g/mol. The van der Waals surface area contributed by atoms with Crippen molar-refractivity contribution in [1.82, 2.24) is 4.90 Å². The van der Waals surface area contributed by atoms with Crippen LogP contribution in [0.5, 0.6) is 0 Å². The van der Waals surface area contributed by atoms with Gasteiger partial charge in [-0.25, -0.2) is 22.4 Å². The molecule has 0 saturated carbocycles. The maximum absolute atomic E-state index is 13.9. The van der Waals surface area contributed by atoms with Gasteiger partial charge >= 0.3 is 6.09 Å². The molecule has 170 valence electrons. The molecule has 1 heterocycles. The van der Waals surface area contributed by atoms with E-state index in [2.05, 4.69) is 15.9 Å². The van der Waals surface area contributed by atoms with Crippen LogP contribution in [0.25, 0.3) is 0 Å². The van der Waals surface area contributed by atoms with Gasteiger partial charge in [0, 0.05) is 38.3 Å². The highest BCUT2D eigenvalue weighted by Crippen LogP contribution is 2.22. The molecule has 0 aliphatic carbocycles. The van der Waals surface area contributed by atoms with E-state index in [9.17, 15) is 22.4 Å². The van der Waals surface area contributed by atoms with Crippen LogP contribution >= 0.6 is 15.9 Å². The molecular formula is C22H25BrF4N2O2. The van der Waals surface area contributed by atoms with E-state index in [0.29, 0.717) is 38.3 Å². The van der Waals surface area contributed by atoms with E-state index in [1.165, 1.54) is 24.3 Å². The van der Waals surface area contributed by atoms with Crippen LogP contribution in [0.2, 0.25) is 0 Å². The minimum atomic E-state index is -0.591. The summed E-state index contributed by atoms with van der Waals surface area (Å²) in [4.78, 5) is 15.5. The molecule has 1 aliphatic rings. The number of halogens is 5. The largest absolute Gasteiger partial charge is 0.444 e. The molecule has 0 aromatic heterocycles. The lowest BCUT2D eigenvalue weighted by atomic mass is 10.2. The Morgan fingerprint density at radius 1 is 0.903 bits per heavy atom. The van der Waals surface area contributed by atoms with Crippen molar-refractivity contribution in [2.75, 3.05) is 31.1 Å². The van der Waals surface area contributed by atoms with Gasteiger partial charge in [-0.1, -0.05) is 0 Å². The Kier molecular flexibility index (Phi) is 8.73. The highest BCUT2D eigenvalue weighted by Gasteiger charge is 2.25. The fraction of sp³-hybridized carbons (Fsp3) is 0.409. The first kappa shape index (κ1) is 25.0. The van der Waals surface area contributed by atoms with Crippen molar-refractivity contribution in [1.29, 1.82) is 0 Å². The van der Waals surface area contributed by atoms with E-state index in [0.717, 1.165) is 12.1 Å². The molecule has 0 spiro atoms. The highest BCUT2D eigenvalue weighted by molar-refractivity contribution is 9.10. The molecule has 4 nitrogen and oxygen atoms in total. The summed E-state index contributed by atoms with van der Waals surface area (Å²) in [5.74, 6) is -2.30. The minimum absolute atomic E-state index is 0.281. The van der Waals surface area contributed by atoms with E-state index in [1.807, 2.05) is 25.7 Å². The molecule has 9 heteroatoms. The lowest BCUT2D eigenvalue weighted by Gasteiger charge is -2.27. The average Bonchev–Trinajstić information content (AvgIpc) is 2.90. The second-order valence-corrected chi connectivity index (χ2v) is 8.82. The Bertz CT molecular complexity index is 906. The molecule has 0 radical (unpaired) electrons. The summed E-state index contributed by atoms with van der Waals surface area (Å²) in [7, 11) is 0. The van der Waals surface area contributed by atoms with Crippen LogP contribution in [-0.2, 0) is 4.74 Å². The summed E-state index contributed by atoms with van der Waals surface area (Å²) in [6, 6.07) is 6.90. The van der Waals surface area contributed by atoms with Gasteiger partial charge in [-0.15, -0.1) is 0 Å². The third-order valence-electron chi connectivity index (χ3n) is 4.28. The summed E-state index contributed by atoms with van der Waals surface area (Å²) in [6.07, 6.45) is 0.352. The molecule has 31 heavy (non-hydrogen) atoms. The van der Waals surface area contributed by atoms with E-state index in [-0.39, 0.29) is 10.6 Å². The zero-order valence-corrected chi connectivity index (χ0v) is 19.2.